The van der Waals surface area contributed by atoms with Crippen molar-refractivity contribution in [1.29, 1.82) is 0 Å². The first kappa shape index (κ1) is 13.9. The second-order valence-electron chi connectivity index (χ2n) is 5.13. The number of piperidine rings is 1. The van der Waals surface area contributed by atoms with Gasteiger partial charge in [0.1, 0.15) is 5.82 Å². The Hall–Kier alpha value is -1.56. The molecule has 0 unspecified atom stereocenters. The van der Waals surface area contributed by atoms with Crippen molar-refractivity contribution >= 4 is 11.7 Å². The largest absolute Gasteiger partial charge is 0.391 e. The van der Waals surface area contributed by atoms with Crippen molar-refractivity contribution in [2.75, 3.05) is 18.0 Å². The number of aryl methyl sites for hydroxylation is 2. The van der Waals surface area contributed by atoms with Crippen molar-refractivity contribution in [2.45, 2.75) is 39.3 Å². The third-order valence-electron chi connectivity index (χ3n) is 3.67. The molecule has 6 nitrogen and oxygen atoms in total. The molecule has 1 saturated heterocycles. The van der Waals surface area contributed by atoms with E-state index < -0.39 is 0 Å². The van der Waals surface area contributed by atoms with Gasteiger partial charge >= 0.3 is 0 Å². The lowest BCUT2D eigenvalue weighted by atomic mass is 10.0. The molecule has 1 fully saturated rings. The predicted molar refractivity (Wildman–Crippen MR) is 72.9 cm³/mol. The summed E-state index contributed by atoms with van der Waals surface area (Å²) >= 11 is 0. The molecule has 1 aliphatic rings. The van der Waals surface area contributed by atoms with Gasteiger partial charge in [-0.2, -0.15) is 5.10 Å². The number of nitrogens with zero attached hydrogens (tertiary/aromatic N) is 3. The Kier molecular flexibility index (Phi) is 4.09. The van der Waals surface area contributed by atoms with Gasteiger partial charge in [-0.15, -0.1) is 0 Å². The zero-order valence-corrected chi connectivity index (χ0v) is 11.8. The van der Waals surface area contributed by atoms with Crippen LogP contribution in [0, 0.1) is 6.92 Å². The fraction of sp³-hybridized carbons (Fsp3) is 0.692. The molecule has 0 saturated carbocycles. The van der Waals surface area contributed by atoms with E-state index in [1.807, 2.05) is 18.7 Å². The zero-order chi connectivity index (χ0) is 14.0. The van der Waals surface area contributed by atoms with Crippen molar-refractivity contribution in [3.63, 3.8) is 0 Å². The molecule has 6 heteroatoms. The van der Waals surface area contributed by atoms with Crippen LogP contribution in [0.4, 0.5) is 5.82 Å². The average Bonchev–Trinajstić information content (AvgIpc) is 2.64. The van der Waals surface area contributed by atoms with E-state index in [0.29, 0.717) is 0 Å². The van der Waals surface area contributed by atoms with E-state index >= 15 is 0 Å². The Balaban J connectivity index is 2.07. The molecule has 0 spiro atoms. The molecule has 2 N–H and O–H groups in total. The number of aliphatic hydroxyl groups is 1. The normalized spacial score (nSPS) is 16.7. The third-order valence-corrected chi connectivity index (χ3v) is 3.67. The highest BCUT2D eigenvalue weighted by molar-refractivity contribution is 5.73. The summed E-state index contributed by atoms with van der Waals surface area (Å²) in [5.41, 5.74) is 1.78. The molecular formula is C13H22N4O2. The van der Waals surface area contributed by atoms with Crippen molar-refractivity contribution in [1.82, 2.24) is 15.1 Å². The van der Waals surface area contributed by atoms with Crippen LogP contribution in [0.1, 0.15) is 31.0 Å². The zero-order valence-electron chi connectivity index (χ0n) is 11.8. The molecule has 2 heterocycles. The molecule has 19 heavy (non-hydrogen) atoms. The summed E-state index contributed by atoms with van der Waals surface area (Å²) in [5, 5.41) is 16.8. The van der Waals surface area contributed by atoms with E-state index in [0.717, 1.165) is 43.0 Å². The van der Waals surface area contributed by atoms with Crippen molar-refractivity contribution in [2.24, 2.45) is 7.05 Å². The van der Waals surface area contributed by atoms with Crippen molar-refractivity contribution in [3.8, 4) is 0 Å². The Morgan fingerprint density at radius 1 is 1.47 bits per heavy atom. The Labute approximate surface area is 113 Å². The van der Waals surface area contributed by atoms with Gasteiger partial charge in [-0.1, -0.05) is 0 Å². The van der Waals surface area contributed by atoms with E-state index in [2.05, 4.69) is 15.3 Å². The average molecular weight is 266 g/mol. The van der Waals surface area contributed by atoms with Crippen LogP contribution in [-0.2, 0) is 18.4 Å². The van der Waals surface area contributed by atoms with Gasteiger partial charge in [-0.25, -0.2) is 0 Å². The molecule has 1 aromatic heterocycles. The van der Waals surface area contributed by atoms with Gasteiger partial charge in [0.05, 0.1) is 12.3 Å². The highest BCUT2D eigenvalue weighted by Crippen LogP contribution is 2.26. The highest BCUT2D eigenvalue weighted by Gasteiger charge is 2.24. The molecule has 1 aromatic rings. The number of anilines is 1. The van der Waals surface area contributed by atoms with Gasteiger partial charge in [0.15, 0.2) is 0 Å². The lowest BCUT2D eigenvalue weighted by molar-refractivity contribution is -0.119. The summed E-state index contributed by atoms with van der Waals surface area (Å²) in [6, 6.07) is 0.264. The van der Waals surface area contributed by atoms with Gasteiger partial charge in [-0.05, 0) is 19.8 Å². The van der Waals surface area contributed by atoms with E-state index in [4.69, 9.17) is 0 Å². The van der Waals surface area contributed by atoms with Crippen molar-refractivity contribution < 1.29 is 9.90 Å². The number of nitrogens with one attached hydrogen (secondary N) is 1. The van der Waals surface area contributed by atoms with Gasteiger partial charge in [0.25, 0.3) is 0 Å². The highest BCUT2D eigenvalue weighted by atomic mass is 16.3. The topological polar surface area (TPSA) is 70.4 Å². The number of carbonyl (C=O) groups excluding carboxylic acids is 1. The van der Waals surface area contributed by atoms with Crippen molar-refractivity contribution in [3.05, 3.63) is 11.3 Å². The lowest BCUT2D eigenvalue weighted by Crippen LogP contribution is -2.44. The molecule has 0 bridgehead atoms. The second-order valence-corrected chi connectivity index (χ2v) is 5.13. The first-order valence-electron chi connectivity index (χ1n) is 6.68. The molecule has 1 amide bonds. The fourth-order valence-electron chi connectivity index (χ4n) is 2.79. The van der Waals surface area contributed by atoms with Gasteiger partial charge in [0.2, 0.25) is 5.91 Å². The number of carbonyl (C=O) groups is 1. The summed E-state index contributed by atoms with van der Waals surface area (Å²) in [6.45, 7) is 5.23. The van der Waals surface area contributed by atoms with Gasteiger partial charge in [-0.3, -0.25) is 9.48 Å². The maximum Gasteiger partial charge on any atom is 0.217 e. The molecule has 0 aromatic carbocycles. The van der Waals surface area contributed by atoms with Gasteiger partial charge < -0.3 is 15.3 Å². The minimum absolute atomic E-state index is 0.0145. The number of amides is 1. The maximum atomic E-state index is 11.0. The Morgan fingerprint density at radius 2 is 2.11 bits per heavy atom. The molecule has 0 atom stereocenters. The van der Waals surface area contributed by atoms with Crippen LogP contribution in [0.5, 0.6) is 0 Å². The molecule has 0 aliphatic carbocycles. The quantitative estimate of drug-likeness (QED) is 0.827. The minimum atomic E-state index is 0.0145. The number of hydrogen-bond donors (Lipinski definition) is 2. The SMILES string of the molecule is CC(=O)NC1CCN(c2c(CO)c(C)nn2C)CC1. The van der Waals surface area contributed by atoms with E-state index in [1.165, 1.54) is 0 Å². The summed E-state index contributed by atoms with van der Waals surface area (Å²) in [6.07, 6.45) is 1.85. The molecule has 2 rings (SSSR count). The molecular weight excluding hydrogens is 244 g/mol. The summed E-state index contributed by atoms with van der Waals surface area (Å²) in [5.74, 6) is 1.03. The Bertz CT molecular complexity index is 461. The van der Waals surface area contributed by atoms with Crippen LogP contribution >= 0.6 is 0 Å². The number of aromatic nitrogens is 2. The predicted octanol–water partition coefficient (Wildman–Crippen LogP) is 0.326. The van der Waals surface area contributed by atoms with Crippen LogP contribution in [0.3, 0.4) is 0 Å². The van der Waals surface area contributed by atoms with Crippen LogP contribution in [0.2, 0.25) is 0 Å². The number of aliphatic hydroxyl groups excluding tert-OH is 1. The van der Waals surface area contributed by atoms with Gasteiger partial charge in [0, 0.05) is 38.7 Å². The van der Waals surface area contributed by atoms with E-state index in [-0.39, 0.29) is 18.6 Å². The summed E-state index contributed by atoms with van der Waals surface area (Å²) < 4.78 is 1.83. The number of rotatable bonds is 3. The molecule has 1 aliphatic heterocycles. The monoisotopic (exact) mass is 266 g/mol. The van der Waals surface area contributed by atoms with E-state index in [9.17, 15) is 9.90 Å². The maximum absolute atomic E-state index is 11.0. The standard InChI is InChI=1S/C13H22N4O2/c1-9-12(8-18)13(16(3)15-9)17-6-4-11(5-7-17)14-10(2)19/h11,18H,4-8H2,1-3H3,(H,14,19). The lowest BCUT2D eigenvalue weighted by Gasteiger charge is -2.34. The second kappa shape index (κ2) is 5.61. The fourth-order valence-corrected chi connectivity index (χ4v) is 2.79. The smallest absolute Gasteiger partial charge is 0.217 e. The van der Waals surface area contributed by atoms with Crippen LogP contribution in [-0.4, -0.2) is 39.9 Å². The molecule has 0 radical (unpaired) electrons. The number of hydrogen-bond acceptors (Lipinski definition) is 4. The van der Waals surface area contributed by atoms with Crippen LogP contribution in [0.25, 0.3) is 0 Å². The summed E-state index contributed by atoms with van der Waals surface area (Å²) in [7, 11) is 1.90. The van der Waals surface area contributed by atoms with Crippen LogP contribution < -0.4 is 10.2 Å². The van der Waals surface area contributed by atoms with Crippen LogP contribution in [0.15, 0.2) is 0 Å². The minimum Gasteiger partial charge on any atom is -0.391 e. The van der Waals surface area contributed by atoms with E-state index in [1.54, 1.807) is 6.92 Å². The summed E-state index contributed by atoms with van der Waals surface area (Å²) in [4.78, 5) is 13.3. The Morgan fingerprint density at radius 3 is 2.63 bits per heavy atom. The molecule has 106 valence electrons. The first-order chi connectivity index (χ1) is 9.02. The first-order valence-corrected chi connectivity index (χ1v) is 6.68. The third kappa shape index (κ3) is 2.89.